The van der Waals surface area contributed by atoms with E-state index in [0.29, 0.717) is 6.61 Å². The molecule has 0 heterocycles. The molecule has 10 heavy (non-hydrogen) atoms. The van der Waals surface area contributed by atoms with Gasteiger partial charge in [0.25, 0.3) is 0 Å². The van der Waals surface area contributed by atoms with Crippen molar-refractivity contribution in [1.29, 1.82) is 0 Å². The van der Waals surface area contributed by atoms with Gasteiger partial charge in [0.15, 0.2) is 0 Å². The quantitative estimate of drug-likeness (QED) is 0.686. The van der Waals surface area contributed by atoms with Crippen molar-refractivity contribution in [1.82, 2.24) is 0 Å². The van der Waals surface area contributed by atoms with Gasteiger partial charge in [-0.05, 0) is 0 Å². The van der Waals surface area contributed by atoms with Crippen molar-refractivity contribution in [3.63, 3.8) is 0 Å². The van der Waals surface area contributed by atoms with Crippen LogP contribution in [0, 0.1) is 0 Å². The van der Waals surface area contributed by atoms with Crippen LogP contribution in [0.2, 0.25) is 5.21 Å². The van der Waals surface area contributed by atoms with Crippen LogP contribution in [0.3, 0.4) is 0 Å². The van der Waals surface area contributed by atoms with Gasteiger partial charge in [-0.2, -0.15) is 0 Å². The van der Waals surface area contributed by atoms with E-state index in [-0.39, 0.29) is 15.8 Å². The summed E-state index contributed by atoms with van der Waals surface area (Å²) in [6.07, 6.45) is 0. The maximum atomic E-state index is 8.56. The van der Waals surface area contributed by atoms with Crippen molar-refractivity contribution in [2.45, 2.75) is 5.21 Å². The second-order valence-corrected chi connectivity index (χ2v) is 5.02. The molecule has 0 radical (unpaired) electrons. The van der Waals surface area contributed by atoms with E-state index in [9.17, 15) is 0 Å². The minimum atomic E-state index is -0.0469. The average molecular weight is 198 g/mol. The van der Waals surface area contributed by atoms with Crippen molar-refractivity contribution >= 4 is 20.1 Å². The summed E-state index contributed by atoms with van der Waals surface area (Å²) < 4.78 is 1.43. The Balaban J connectivity index is 2.43. The van der Waals surface area contributed by atoms with Crippen molar-refractivity contribution in [2.75, 3.05) is 6.61 Å². The fourth-order valence-electron chi connectivity index (χ4n) is 0.756. The Labute approximate surface area is 67.8 Å². The SMILES string of the molecule is OCC[AsH]c1ccccc1. The number of hydrogen-bond acceptors (Lipinski definition) is 1. The molecule has 0 fully saturated rings. The topological polar surface area (TPSA) is 20.2 Å². The molecule has 1 rings (SSSR count). The summed E-state index contributed by atoms with van der Waals surface area (Å²) >= 11 is -0.0469. The molecule has 0 aliphatic carbocycles. The van der Waals surface area contributed by atoms with Gasteiger partial charge in [0, 0.05) is 0 Å². The molecule has 0 aliphatic rings. The third-order valence-corrected chi connectivity index (χ3v) is 3.76. The van der Waals surface area contributed by atoms with Crippen LogP contribution in [0.5, 0.6) is 0 Å². The van der Waals surface area contributed by atoms with Crippen LogP contribution in [0.4, 0.5) is 0 Å². The van der Waals surface area contributed by atoms with Gasteiger partial charge in [-0.1, -0.05) is 0 Å². The van der Waals surface area contributed by atoms with Crippen LogP contribution in [0.1, 0.15) is 0 Å². The Morgan fingerprint density at radius 2 is 1.90 bits per heavy atom. The van der Waals surface area contributed by atoms with Crippen LogP contribution in [0.15, 0.2) is 30.3 Å². The predicted molar refractivity (Wildman–Crippen MR) is 45.1 cm³/mol. The zero-order valence-electron chi connectivity index (χ0n) is 5.75. The van der Waals surface area contributed by atoms with Crippen molar-refractivity contribution < 1.29 is 5.11 Å². The zero-order chi connectivity index (χ0) is 7.23. The molecule has 2 heteroatoms. The van der Waals surface area contributed by atoms with Crippen molar-refractivity contribution in [3.05, 3.63) is 30.3 Å². The van der Waals surface area contributed by atoms with E-state index < -0.39 is 0 Å². The fourth-order valence-corrected chi connectivity index (χ4v) is 2.49. The standard InChI is InChI=1S/C8H11AsO/c10-7-6-9-8-4-2-1-3-5-8/h1-5,9-10H,6-7H2. The summed E-state index contributed by atoms with van der Waals surface area (Å²) in [5.41, 5.74) is 0. The first-order chi connectivity index (χ1) is 4.93. The molecule has 1 N–H and O–H groups in total. The van der Waals surface area contributed by atoms with E-state index in [1.165, 1.54) is 4.35 Å². The molecule has 1 nitrogen and oxygen atoms in total. The summed E-state index contributed by atoms with van der Waals surface area (Å²) in [4.78, 5) is 0. The zero-order valence-corrected chi connectivity index (χ0v) is 7.85. The molecule has 54 valence electrons. The number of rotatable bonds is 3. The van der Waals surface area contributed by atoms with Crippen LogP contribution in [-0.2, 0) is 0 Å². The van der Waals surface area contributed by atoms with Crippen LogP contribution < -0.4 is 4.35 Å². The van der Waals surface area contributed by atoms with E-state index in [4.69, 9.17) is 5.11 Å². The molecule has 0 aliphatic heterocycles. The molecule has 1 atom stereocenters. The van der Waals surface area contributed by atoms with E-state index in [2.05, 4.69) is 24.3 Å². The van der Waals surface area contributed by atoms with Gasteiger partial charge in [-0.15, -0.1) is 0 Å². The first-order valence-corrected chi connectivity index (χ1v) is 5.86. The molecule has 0 spiro atoms. The van der Waals surface area contributed by atoms with E-state index in [1.54, 1.807) is 0 Å². The molecule has 0 aromatic heterocycles. The second kappa shape index (κ2) is 4.54. The summed E-state index contributed by atoms with van der Waals surface area (Å²) in [5.74, 6) is 0. The van der Waals surface area contributed by atoms with Crippen LogP contribution in [-0.4, -0.2) is 27.5 Å². The number of aliphatic hydroxyl groups is 1. The number of aliphatic hydroxyl groups excluding tert-OH is 1. The Morgan fingerprint density at radius 3 is 2.50 bits per heavy atom. The number of benzene rings is 1. The van der Waals surface area contributed by atoms with Crippen molar-refractivity contribution in [3.8, 4) is 0 Å². The molecule has 1 unspecified atom stereocenters. The van der Waals surface area contributed by atoms with Crippen LogP contribution in [0.25, 0.3) is 0 Å². The molecular weight excluding hydrogens is 187 g/mol. The third kappa shape index (κ3) is 2.55. The van der Waals surface area contributed by atoms with E-state index in [0.717, 1.165) is 5.21 Å². The minimum absolute atomic E-state index is 0.0469. The normalized spacial score (nSPS) is 10.9. The molecule has 0 amide bonds. The van der Waals surface area contributed by atoms with E-state index in [1.807, 2.05) is 6.07 Å². The predicted octanol–water partition coefficient (Wildman–Crippen LogP) is 0.159. The summed E-state index contributed by atoms with van der Waals surface area (Å²) in [6, 6.07) is 10.4. The van der Waals surface area contributed by atoms with Crippen LogP contribution >= 0.6 is 0 Å². The molecule has 1 aromatic carbocycles. The number of hydrogen-bond donors (Lipinski definition) is 1. The van der Waals surface area contributed by atoms with Gasteiger partial charge in [0.05, 0.1) is 0 Å². The Kier molecular flexibility index (Phi) is 3.56. The Bertz CT molecular complexity index is 174. The fraction of sp³-hybridized carbons (Fsp3) is 0.250. The van der Waals surface area contributed by atoms with Gasteiger partial charge in [-0.25, -0.2) is 0 Å². The van der Waals surface area contributed by atoms with Gasteiger partial charge in [0.1, 0.15) is 0 Å². The summed E-state index contributed by atoms with van der Waals surface area (Å²) in [7, 11) is 0. The maximum absolute atomic E-state index is 8.56. The third-order valence-electron chi connectivity index (χ3n) is 1.21. The van der Waals surface area contributed by atoms with Gasteiger partial charge >= 0.3 is 67.4 Å². The molecule has 0 saturated carbocycles. The Morgan fingerprint density at radius 1 is 1.20 bits per heavy atom. The van der Waals surface area contributed by atoms with E-state index >= 15 is 0 Å². The molecule has 0 bridgehead atoms. The molecular formula is C8H11AsO. The average Bonchev–Trinajstić information content (AvgIpc) is 2.03. The van der Waals surface area contributed by atoms with Gasteiger partial charge in [-0.3, -0.25) is 0 Å². The summed E-state index contributed by atoms with van der Waals surface area (Å²) in [5, 5.41) is 9.55. The van der Waals surface area contributed by atoms with Gasteiger partial charge < -0.3 is 0 Å². The molecule has 0 saturated heterocycles. The first kappa shape index (κ1) is 7.84. The van der Waals surface area contributed by atoms with Crippen molar-refractivity contribution in [2.24, 2.45) is 0 Å². The monoisotopic (exact) mass is 198 g/mol. The Hall–Kier alpha value is -0.262. The molecule has 1 aromatic rings. The van der Waals surface area contributed by atoms with Gasteiger partial charge in [0.2, 0.25) is 0 Å². The summed E-state index contributed by atoms with van der Waals surface area (Å²) in [6.45, 7) is 0.342. The first-order valence-electron chi connectivity index (χ1n) is 3.33. The second-order valence-electron chi connectivity index (χ2n) is 2.02.